The van der Waals surface area contributed by atoms with E-state index in [0.29, 0.717) is 32.7 Å². The molecule has 8 nitrogen and oxygen atoms in total. The van der Waals surface area contributed by atoms with Crippen LogP contribution >= 0.6 is 0 Å². The Morgan fingerprint density at radius 1 is 0.950 bits per heavy atom. The van der Waals surface area contributed by atoms with E-state index in [2.05, 4.69) is 50.2 Å². The summed E-state index contributed by atoms with van der Waals surface area (Å²) in [5.41, 5.74) is 6.95. The second-order valence-electron chi connectivity index (χ2n) is 9.73. The van der Waals surface area contributed by atoms with Gasteiger partial charge < -0.3 is 39.1 Å². The molecule has 0 amide bonds. The number of rotatable bonds is 7. The lowest BCUT2D eigenvalue weighted by molar-refractivity contribution is -0.108. The molecule has 40 heavy (non-hydrogen) atoms. The maximum absolute atomic E-state index is 10.8. The summed E-state index contributed by atoms with van der Waals surface area (Å²) in [5.74, 6) is 2.61. The van der Waals surface area contributed by atoms with Crippen molar-refractivity contribution in [2.24, 2.45) is 0 Å². The number of hydrogen-bond donors (Lipinski definition) is 3. The van der Waals surface area contributed by atoms with Crippen molar-refractivity contribution in [2.45, 2.75) is 51.4 Å². The Balaban J connectivity index is 0.000000376. The van der Waals surface area contributed by atoms with Crippen LogP contribution in [0.5, 0.6) is 17.2 Å². The molecule has 0 aromatic heterocycles. The van der Waals surface area contributed by atoms with Crippen molar-refractivity contribution in [3.05, 3.63) is 76.9 Å². The fourth-order valence-corrected chi connectivity index (χ4v) is 4.85. The number of hydrogen-bond acceptors (Lipinski definition) is 8. The number of carbonyl (C=O) groups is 1. The van der Waals surface area contributed by atoms with E-state index in [0.717, 1.165) is 41.8 Å². The van der Waals surface area contributed by atoms with Crippen LogP contribution in [0.2, 0.25) is 0 Å². The third-order valence-corrected chi connectivity index (χ3v) is 6.90. The minimum atomic E-state index is -0.663. The molecule has 3 unspecified atom stereocenters. The van der Waals surface area contributed by atoms with Crippen LogP contribution in [-0.2, 0) is 16.1 Å². The highest BCUT2D eigenvalue weighted by Crippen LogP contribution is 2.38. The zero-order valence-electron chi connectivity index (χ0n) is 23.6. The summed E-state index contributed by atoms with van der Waals surface area (Å²) in [6, 6.07) is 18.4. The van der Waals surface area contributed by atoms with Gasteiger partial charge in [0, 0.05) is 37.7 Å². The van der Waals surface area contributed by atoms with Crippen molar-refractivity contribution in [1.82, 2.24) is 0 Å². The summed E-state index contributed by atoms with van der Waals surface area (Å²) in [5, 5.41) is 24.7. The molecule has 0 saturated carbocycles. The van der Waals surface area contributed by atoms with E-state index in [1.165, 1.54) is 22.3 Å². The minimum absolute atomic E-state index is 0.152. The molecule has 216 valence electrons. The summed E-state index contributed by atoms with van der Waals surface area (Å²) in [7, 11) is 2.69. The fourth-order valence-electron chi connectivity index (χ4n) is 4.85. The van der Waals surface area contributed by atoms with Gasteiger partial charge in [-0.3, -0.25) is 0 Å². The van der Waals surface area contributed by atoms with Gasteiger partial charge in [0.2, 0.25) is 0 Å². The molecule has 0 bridgehead atoms. The average Bonchev–Trinajstić information content (AvgIpc) is 3.37. The Morgan fingerprint density at radius 2 is 1.70 bits per heavy atom. The SMILES string of the molecule is CO.COc1cc(C)c(-c2cccc(COc3ccc4c(c3)OCC4CC=O)c2)c(C)c1.OC1CCOCC1O. The fraction of sp³-hybridized carbons (Fsp3) is 0.406. The Labute approximate surface area is 236 Å². The summed E-state index contributed by atoms with van der Waals surface area (Å²) in [6.45, 7) is 6.09. The zero-order chi connectivity index (χ0) is 29.1. The summed E-state index contributed by atoms with van der Waals surface area (Å²) >= 11 is 0. The average molecular weight is 553 g/mol. The molecular formula is C32H40O8. The Hall–Kier alpha value is -3.43. The molecule has 5 rings (SSSR count). The predicted molar refractivity (Wildman–Crippen MR) is 153 cm³/mol. The van der Waals surface area contributed by atoms with Gasteiger partial charge in [0.15, 0.2) is 0 Å². The lowest BCUT2D eigenvalue weighted by Gasteiger charge is -2.22. The normalized spacial score (nSPS) is 19.1. The van der Waals surface area contributed by atoms with E-state index < -0.39 is 12.2 Å². The van der Waals surface area contributed by atoms with E-state index in [1.807, 2.05) is 18.2 Å². The van der Waals surface area contributed by atoms with Crippen LogP contribution in [0.15, 0.2) is 54.6 Å². The number of ether oxygens (including phenoxy) is 4. The van der Waals surface area contributed by atoms with Crippen LogP contribution in [0.4, 0.5) is 0 Å². The molecule has 2 aliphatic heterocycles. The summed E-state index contributed by atoms with van der Waals surface area (Å²) < 4.78 is 22.0. The van der Waals surface area contributed by atoms with E-state index in [1.54, 1.807) is 7.11 Å². The van der Waals surface area contributed by atoms with Gasteiger partial charge in [-0.05, 0) is 72.4 Å². The van der Waals surface area contributed by atoms with Crippen molar-refractivity contribution in [3.8, 4) is 28.4 Å². The molecule has 0 aliphatic carbocycles. The van der Waals surface area contributed by atoms with Crippen molar-refractivity contribution in [2.75, 3.05) is 34.0 Å². The minimum Gasteiger partial charge on any atom is -0.497 e. The molecule has 3 aromatic rings. The Morgan fingerprint density at radius 3 is 2.33 bits per heavy atom. The molecule has 1 fully saturated rings. The number of methoxy groups -OCH3 is 1. The maximum atomic E-state index is 10.8. The molecule has 3 N–H and O–H groups in total. The highest BCUT2D eigenvalue weighted by Gasteiger charge is 2.24. The first kappa shape index (κ1) is 31.1. The maximum Gasteiger partial charge on any atom is 0.126 e. The first-order valence-electron chi connectivity index (χ1n) is 13.4. The van der Waals surface area contributed by atoms with Crippen molar-refractivity contribution < 1.29 is 39.1 Å². The lowest BCUT2D eigenvalue weighted by Crippen LogP contribution is -2.36. The van der Waals surface area contributed by atoms with Gasteiger partial charge in [0.05, 0.1) is 26.4 Å². The highest BCUT2D eigenvalue weighted by molar-refractivity contribution is 5.72. The van der Waals surface area contributed by atoms with Crippen LogP contribution in [0.25, 0.3) is 11.1 Å². The monoisotopic (exact) mass is 552 g/mol. The number of benzene rings is 3. The molecule has 3 aromatic carbocycles. The van der Waals surface area contributed by atoms with E-state index in [9.17, 15) is 4.79 Å². The van der Waals surface area contributed by atoms with Gasteiger partial charge in [-0.2, -0.15) is 0 Å². The highest BCUT2D eigenvalue weighted by atomic mass is 16.5. The summed E-state index contributed by atoms with van der Waals surface area (Å²) in [4.78, 5) is 10.8. The number of carbonyl (C=O) groups excluding carboxylic acids is 1. The standard InChI is InChI=1S/C26H26O4.C5H10O3.CH4O/c1-17-11-23(28-3)12-18(2)26(17)20-6-4-5-19(13-20)15-29-22-7-8-24-21(9-10-27)16-30-25(24)14-22;6-4-1-2-8-3-5(4)7;1-2/h4-8,10-14,21H,9,15-16H2,1-3H3;4-7H,1-3H2;2H,1H3. The Kier molecular flexibility index (Phi) is 12.0. The van der Waals surface area contributed by atoms with E-state index in [-0.39, 0.29) is 12.5 Å². The molecule has 3 atom stereocenters. The van der Waals surface area contributed by atoms with Gasteiger partial charge in [0.1, 0.15) is 36.2 Å². The molecule has 8 heteroatoms. The number of fused-ring (bicyclic) bond motifs is 1. The number of aliphatic hydroxyl groups is 3. The first-order chi connectivity index (χ1) is 19.4. The third-order valence-electron chi connectivity index (χ3n) is 6.90. The largest absolute Gasteiger partial charge is 0.497 e. The van der Waals surface area contributed by atoms with Crippen LogP contribution in [0.3, 0.4) is 0 Å². The predicted octanol–water partition coefficient (Wildman–Crippen LogP) is 4.36. The van der Waals surface area contributed by atoms with Gasteiger partial charge in [-0.25, -0.2) is 0 Å². The second kappa shape index (κ2) is 15.4. The smallest absolute Gasteiger partial charge is 0.126 e. The topological polar surface area (TPSA) is 115 Å². The molecule has 0 radical (unpaired) electrons. The van der Waals surface area contributed by atoms with Crippen LogP contribution in [0.1, 0.15) is 41.0 Å². The van der Waals surface area contributed by atoms with E-state index in [4.69, 9.17) is 34.3 Å². The van der Waals surface area contributed by atoms with Crippen LogP contribution in [-0.4, -0.2) is 67.9 Å². The third kappa shape index (κ3) is 8.05. The van der Waals surface area contributed by atoms with E-state index >= 15 is 0 Å². The zero-order valence-corrected chi connectivity index (χ0v) is 23.6. The van der Waals surface area contributed by atoms with Crippen molar-refractivity contribution >= 4 is 6.29 Å². The molecule has 2 heterocycles. The summed E-state index contributed by atoms with van der Waals surface area (Å²) in [6.07, 6.45) is 0.769. The van der Waals surface area contributed by atoms with Gasteiger partial charge in [0.25, 0.3) is 0 Å². The van der Waals surface area contributed by atoms with Crippen LogP contribution < -0.4 is 14.2 Å². The van der Waals surface area contributed by atoms with Gasteiger partial charge >= 0.3 is 0 Å². The van der Waals surface area contributed by atoms with Gasteiger partial charge in [-0.15, -0.1) is 0 Å². The molecule has 1 saturated heterocycles. The second-order valence-corrected chi connectivity index (χ2v) is 9.73. The quantitative estimate of drug-likeness (QED) is 0.371. The van der Waals surface area contributed by atoms with Crippen molar-refractivity contribution in [1.29, 1.82) is 0 Å². The number of aliphatic hydroxyl groups excluding tert-OH is 3. The lowest BCUT2D eigenvalue weighted by atomic mass is 9.94. The first-order valence-corrected chi connectivity index (χ1v) is 13.4. The molecular weight excluding hydrogens is 512 g/mol. The molecule has 2 aliphatic rings. The molecule has 0 spiro atoms. The van der Waals surface area contributed by atoms with Gasteiger partial charge in [-0.1, -0.05) is 24.3 Å². The number of aldehydes is 1. The van der Waals surface area contributed by atoms with Crippen LogP contribution in [0, 0.1) is 13.8 Å². The Bertz CT molecular complexity index is 1210. The number of aryl methyl sites for hydroxylation is 2. The van der Waals surface area contributed by atoms with Crippen molar-refractivity contribution in [3.63, 3.8) is 0 Å².